The Bertz CT molecular complexity index is 1110. The molecule has 34 heavy (non-hydrogen) atoms. The zero-order valence-electron chi connectivity index (χ0n) is 19.6. The number of fused-ring (bicyclic) bond motifs is 2. The van der Waals surface area contributed by atoms with E-state index < -0.39 is 6.43 Å². The molecular weight excluding hydrogens is 440 g/mol. The third kappa shape index (κ3) is 3.78. The third-order valence-corrected chi connectivity index (χ3v) is 7.72. The summed E-state index contributed by atoms with van der Waals surface area (Å²) in [5, 5.41) is 5.12. The van der Waals surface area contributed by atoms with E-state index in [4.69, 9.17) is 9.84 Å². The number of carbonyl (C=O) groups is 1. The van der Waals surface area contributed by atoms with Gasteiger partial charge in [0.1, 0.15) is 0 Å². The molecule has 1 amide bonds. The van der Waals surface area contributed by atoms with Crippen LogP contribution in [0, 0.1) is 12.8 Å². The molecule has 2 aromatic rings. The maximum Gasteiger partial charge on any atom is 0.265 e. The van der Waals surface area contributed by atoms with Crippen LogP contribution in [0.4, 0.5) is 20.3 Å². The average molecular weight is 472 g/mol. The molecule has 0 radical (unpaired) electrons. The lowest BCUT2D eigenvalue weighted by atomic mass is 10.0. The van der Waals surface area contributed by atoms with Gasteiger partial charge >= 0.3 is 0 Å². The number of alkyl halides is 2. The highest BCUT2D eigenvalue weighted by molar-refractivity contribution is 5.81. The Balaban J connectivity index is 1.43. The van der Waals surface area contributed by atoms with E-state index in [0.29, 0.717) is 38.5 Å². The van der Waals surface area contributed by atoms with E-state index in [1.807, 2.05) is 4.90 Å². The quantitative estimate of drug-likeness (QED) is 0.667. The molecule has 4 aliphatic rings. The molecule has 1 aliphatic carbocycles. The van der Waals surface area contributed by atoms with Gasteiger partial charge in [0.2, 0.25) is 5.91 Å². The SMILES string of the molecule is Cc1nc2c(cc1C(F)F)N(c1nn(C3CCOCC3)c3c1CN(C(=O)C1CC1)CC3)CCC2. The van der Waals surface area contributed by atoms with Crippen LogP contribution in [0.5, 0.6) is 0 Å². The van der Waals surface area contributed by atoms with Crippen LogP contribution in [-0.4, -0.2) is 51.9 Å². The Morgan fingerprint density at radius 1 is 1.15 bits per heavy atom. The lowest BCUT2D eigenvalue weighted by Gasteiger charge is -2.33. The molecular formula is C25H31F2N5O2. The molecule has 9 heteroatoms. The fraction of sp³-hybridized carbons (Fsp3) is 0.640. The molecule has 2 fully saturated rings. The fourth-order valence-electron chi connectivity index (χ4n) is 5.70. The highest BCUT2D eigenvalue weighted by Gasteiger charge is 2.38. The average Bonchev–Trinajstić information content (AvgIpc) is 3.63. The van der Waals surface area contributed by atoms with E-state index >= 15 is 0 Å². The summed E-state index contributed by atoms with van der Waals surface area (Å²) in [6, 6.07) is 1.87. The van der Waals surface area contributed by atoms with Crippen molar-refractivity contribution >= 4 is 17.4 Å². The Labute approximate surface area is 198 Å². The van der Waals surface area contributed by atoms with Crippen molar-refractivity contribution in [3.8, 4) is 0 Å². The molecule has 0 spiro atoms. The summed E-state index contributed by atoms with van der Waals surface area (Å²) in [6.45, 7) is 5.04. The summed E-state index contributed by atoms with van der Waals surface area (Å²) < 4.78 is 35.2. The van der Waals surface area contributed by atoms with Crippen LogP contribution in [0.15, 0.2) is 6.07 Å². The molecule has 0 bridgehead atoms. The molecule has 6 rings (SSSR count). The van der Waals surface area contributed by atoms with Crippen LogP contribution in [0.25, 0.3) is 0 Å². The summed E-state index contributed by atoms with van der Waals surface area (Å²) in [6.07, 6.45) is 3.64. The number of nitrogens with zero attached hydrogens (tertiary/aromatic N) is 5. The number of hydrogen-bond acceptors (Lipinski definition) is 5. The Kier molecular flexibility index (Phi) is 5.54. The second-order valence-corrected chi connectivity index (χ2v) is 10.0. The number of carbonyl (C=O) groups excluding carboxylic acids is 1. The number of pyridine rings is 1. The number of aromatic nitrogens is 3. The molecule has 1 saturated heterocycles. The van der Waals surface area contributed by atoms with Crippen molar-refractivity contribution in [1.82, 2.24) is 19.7 Å². The first-order chi connectivity index (χ1) is 16.5. The van der Waals surface area contributed by atoms with Gasteiger partial charge in [-0.3, -0.25) is 14.5 Å². The first-order valence-corrected chi connectivity index (χ1v) is 12.5. The van der Waals surface area contributed by atoms with E-state index in [1.165, 1.54) is 5.69 Å². The number of hydrogen-bond donors (Lipinski definition) is 0. The largest absolute Gasteiger partial charge is 0.381 e. The van der Waals surface area contributed by atoms with Crippen molar-refractivity contribution < 1.29 is 18.3 Å². The van der Waals surface area contributed by atoms with E-state index in [9.17, 15) is 13.6 Å². The van der Waals surface area contributed by atoms with Crippen LogP contribution in [0.2, 0.25) is 0 Å². The van der Waals surface area contributed by atoms with Gasteiger partial charge in [-0.15, -0.1) is 0 Å². The van der Waals surface area contributed by atoms with E-state index in [0.717, 1.165) is 67.7 Å². The highest BCUT2D eigenvalue weighted by atomic mass is 19.3. The van der Waals surface area contributed by atoms with Gasteiger partial charge < -0.3 is 14.5 Å². The second-order valence-electron chi connectivity index (χ2n) is 10.0. The van der Waals surface area contributed by atoms with Crippen molar-refractivity contribution in [2.75, 3.05) is 31.2 Å². The Morgan fingerprint density at radius 3 is 2.68 bits per heavy atom. The summed E-state index contributed by atoms with van der Waals surface area (Å²) in [4.78, 5) is 21.5. The molecule has 0 unspecified atom stereocenters. The molecule has 5 heterocycles. The lowest BCUT2D eigenvalue weighted by molar-refractivity contribution is -0.133. The summed E-state index contributed by atoms with van der Waals surface area (Å²) >= 11 is 0. The number of halogens is 2. The van der Waals surface area contributed by atoms with Crippen molar-refractivity contribution in [1.29, 1.82) is 0 Å². The van der Waals surface area contributed by atoms with Gasteiger partial charge in [0.25, 0.3) is 6.43 Å². The van der Waals surface area contributed by atoms with Gasteiger partial charge in [0.15, 0.2) is 5.82 Å². The Hall–Kier alpha value is -2.55. The maximum absolute atomic E-state index is 13.7. The summed E-state index contributed by atoms with van der Waals surface area (Å²) in [5.74, 6) is 1.22. The van der Waals surface area contributed by atoms with Crippen LogP contribution in [0.1, 0.15) is 72.8 Å². The molecule has 0 atom stereocenters. The smallest absolute Gasteiger partial charge is 0.265 e. The molecule has 2 aromatic heterocycles. The topological polar surface area (TPSA) is 63.5 Å². The van der Waals surface area contributed by atoms with Gasteiger partial charge in [-0.2, -0.15) is 5.10 Å². The van der Waals surface area contributed by atoms with E-state index in [1.54, 1.807) is 13.0 Å². The predicted molar refractivity (Wildman–Crippen MR) is 122 cm³/mol. The molecule has 7 nitrogen and oxygen atoms in total. The van der Waals surface area contributed by atoms with E-state index in [2.05, 4.69) is 14.6 Å². The number of ether oxygens (including phenoxy) is 1. The normalized spacial score (nSPS) is 21.1. The van der Waals surface area contributed by atoms with Crippen LogP contribution in [0.3, 0.4) is 0 Å². The lowest BCUT2D eigenvalue weighted by Crippen LogP contribution is -2.38. The first kappa shape index (κ1) is 21.9. The predicted octanol–water partition coefficient (Wildman–Crippen LogP) is 4.25. The fourth-order valence-corrected chi connectivity index (χ4v) is 5.70. The zero-order chi connectivity index (χ0) is 23.4. The van der Waals surface area contributed by atoms with Gasteiger partial charge in [-0.25, -0.2) is 8.78 Å². The van der Waals surface area contributed by atoms with Gasteiger partial charge in [-0.1, -0.05) is 0 Å². The summed E-state index contributed by atoms with van der Waals surface area (Å²) in [7, 11) is 0. The van der Waals surface area contributed by atoms with Crippen molar-refractivity contribution in [2.24, 2.45) is 5.92 Å². The van der Waals surface area contributed by atoms with Gasteiger partial charge in [0, 0.05) is 61.2 Å². The monoisotopic (exact) mass is 471 g/mol. The zero-order valence-corrected chi connectivity index (χ0v) is 19.6. The van der Waals surface area contributed by atoms with Crippen molar-refractivity contribution in [2.45, 2.75) is 70.9 Å². The van der Waals surface area contributed by atoms with Crippen LogP contribution < -0.4 is 4.90 Å². The molecule has 0 aromatic carbocycles. The van der Waals surface area contributed by atoms with Crippen molar-refractivity contribution in [3.05, 3.63) is 34.3 Å². The number of amides is 1. The van der Waals surface area contributed by atoms with Crippen molar-refractivity contribution in [3.63, 3.8) is 0 Å². The minimum Gasteiger partial charge on any atom is -0.381 e. The van der Waals surface area contributed by atoms with E-state index in [-0.39, 0.29) is 23.4 Å². The Morgan fingerprint density at radius 2 is 1.94 bits per heavy atom. The van der Waals surface area contributed by atoms with Crippen LogP contribution in [-0.2, 0) is 28.9 Å². The van der Waals surface area contributed by atoms with Crippen LogP contribution >= 0.6 is 0 Å². The van der Waals surface area contributed by atoms with Gasteiger partial charge in [-0.05, 0) is 51.5 Å². The molecule has 1 saturated carbocycles. The highest BCUT2D eigenvalue weighted by Crippen LogP contribution is 2.41. The number of anilines is 2. The molecule has 182 valence electrons. The first-order valence-electron chi connectivity index (χ1n) is 12.5. The molecule has 0 N–H and O–H groups in total. The second kappa shape index (κ2) is 8.59. The van der Waals surface area contributed by atoms with Gasteiger partial charge in [0.05, 0.1) is 24.0 Å². The number of rotatable bonds is 4. The summed E-state index contributed by atoms with van der Waals surface area (Å²) in [5.41, 5.74) is 4.21. The molecule has 3 aliphatic heterocycles. The third-order valence-electron chi connectivity index (χ3n) is 7.72. The minimum absolute atomic E-state index is 0.0195. The maximum atomic E-state index is 13.7. The minimum atomic E-state index is -2.57. The standard InChI is InChI=1S/C25H31F2N5O2/c1-15-18(23(26)27)13-22-20(28-15)3-2-9-31(22)24-19-14-30(25(33)16-4-5-16)10-6-21(19)32(29-24)17-7-11-34-12-8-17/h13,16-17,23H,2-12,14H2,1H3. The number of aryl methyl sites for hydroxylation is 2.